The summed E-state index contributed by atoms with van der Waals surface area (Å²) in [6.07, 6.45) is 0.381. The van der Waals surface area contributed by atoms with E-state index in [4.69, 9.17) is 23.2 Å². The van der Waals surface area contributed by atoms with Crippen LogP contribution in [0.5, 0.6) is 0 Å². The second kappa shape index (κ2) is 7.17. The van der Waals surface area contributed by atoms with E-state index in [-0.39, 0.29) is 6.04 Å². The zero-order valence-electron chi connectivity index (χ0n) is 12.1. The van der Waals surface area contributed by atoms with Crippen LogP contribution in [0.25, 0.3) is 0 Å². The van der Waals surface area contributed by atoms with Gasteiger partial charge in [-0.1, -0.05) is 54.4 Å². The largest absolute Gasteiger partial charge is 0.389 e. The number of aliphatic hydroxyl groups is 1. The Bertz CT molecular complexity index is 613. The third-order valence-electron chi connectivity index (χ3n) is 3.49. The third-order valence-corrected chi connectivity index (χ3v) is 4.23. The van der Waals surface area contributed by atoms with Gasteiger partial charge in [-0.15, -0.1) is 0 Å². The first-order valence-corrected chi connectivity index (χ1v) is 7.77. The van der Waals surface area contributed by atoms with Crippen LogP contribution in [0.4, 0.5) is 5.69 Å². The SMILES string of the molecule is CCC(Nc1ccccc1C(C)O)c1ccc(Cl)c(Cl)c1. The van der Waals surface area contributed by atoms with Crippen molar-refractivity contribution < 1.29 is 5.11 Å². The highest BCUT2D eigenvalue weighted by Crippen LogP contribution is 2.31. The van der Waals surface area contributed by atoms with Crippen LogP contribution in [0.3, 0.4) is 0 Å². The maximum atomic E-state index is 9.86. The predicted molar refractivity (Wildman–Crippen MR) is 90.2 cm³/mol. The number of hydrogen-bond donors (Lipinski definition) is 2. The number of hydrogen-bond acceptors (Lipinski definition) is 2. The van der Waals surface area contributed by atoms with Crippen LogP contribution in [0.2, 0.25) is 10.0 Å². The van der Waals surface area contributed by atoms with Gasteiger partial charge in [-0.25, -0.2) is 0 Å². The van der Waals surface area contributed by atoms with E-state index in [9.17, 15) is 5.11 Å². The van der Waals surface area contributed by atoms with Gasteiger partial charge in [0.05, 0.1) is 22.2 Å². The molecule has 0 saturated carbocycles. The van der Waals surface area contributed by atoms with Gasteiger partial charge in [0.15, 0.2) is 0 Å². The summed E-state index contributed by atoms with van der Waals surface area (Å²) in [7, 11) is 0. The summed E-state index contributed by atoms with van der Waals surface area (Å²) >= 11 is 12.1. The van der Waals surface area contributed by atoms with E-state index >= 15 is 0 Å². The lowest BCUT2D eigenvalue weighted by Crippen LogP contribution is -2.12. The lowest BCUT2D eigenvalue weighted by Gasteiger charge is -2.22. The molecule has 2 atom stereocenters. The molecule has 2 aromatic rings. The maximum Gasteiger partial charge on any atom is 0.0781 e. The molecule has 0 aliphatic rings. The molecule has 0 aromatic heterocycles. The van der Waals surface area contributed by atoms with Crippen molar-refractivity contribution in [1.29, 1.82) is 0 Å². The smallest absolute Gasteiger partial charge is 0.0781 e. The Kier molecular flexibility index (Phi) is 5.51. The summed E-state index contributed by atoms with van der Waals surface area (Å²) in [4.78, 5) is 0. The van der Waals surface area contributed by atoms with E-state index in [0.29, 0.717) is 10.0 Å². The number of anilines is 1. The predicted octanol–water partition coefficient (Wildman–Crippen LogP) is 5.61. The molecular weight excluding hydrogens is 305 g/mol. The molecule has 0 aliphatic heterocycles. The van der Waals surface area contributed by atoms with Crippen molar-refractivity contribution in [2.75, 3.05) is 5.32 Å². The lowest BCUT2D eigenvalue weighted by atomic mass is 10.0. The first-order valence-electron chi connectivity index (χ1n) is 7.01. The fourth-order valence-corrected chi connectivity index (χ4v) is 2.64. The molecular formula is C17H19Cl2NO. The van der Waals surface area contributed by atoms with Crippen molar-refractivity contribution in [2.45, 2.75) is 32.4 Å². The summed E-state index contributed by atoms with van der Waals surface area (Å²) in [5.41, 5.74) is 2.90. The molecule has 21 heavy (non-hydrogen) atoms. The molecule has 0 fully saturated rings. The van der Waals surface area contributed by atoms with Crippen molar-refractivity contribution in [3.05, 3.63) is 63.6 Å². The van der Waals surface area contributed by atoms with E-state index in [0.717, 1.165) is 23.2 Å². The van der Waals surface area contributed by atoms with Crippen LogP contribution >= 0.6 is 23.2 Å². The zero-order chi connectivity index (χ0) is 15.4. The van der Waals surface area contributed by atoms with Gasteiger partial charge >= 0.3 is 0 Å². The molecule has 0 saturated heterocycles. The molecule has 4 heteroatoms. The fraction of sp³-hybridized carbons (Fsp3) is 0.294. The van der Waals surface area contributed by atoms with Crippen LogP contribution < -0.4 is 5.32 Å². The highest BCUT2D eigenvalue weighted by Gasteiger charge is 2.14. The second-order valence-electron chi connectivity index (χ2n) is 5.04. The standard InChI is InChI=1S/C17H19Cl2NO/c1-3-16(12-8-9-14(18)15(19)10-12)20-17-7-5-4-6-13(17)11(2)21/h4-11,16,20-21H,3H2,1-2H3. The summed E-state index contributed by atoms with van der Waals surface area (Å²) in [6, 6.07) is 13.6. The van der Waals surface area contributed by atoms with Crippen LogP contribution in [0.1, 0.15) is 43.5 Å². The number of benzene rings is 2. The summed E-state index contributed by atoms with van der Waals surface area (Å²) in [6.45, 7) is 3.87. The van der Waals surface area contributed by atoms with Crippen LogP contribution in [-0.4, -0.2) is 5.11 Å². The van der Waals surface area contributed by atoms with Gasteiger partial charge in [0.2, 0.25) is 0 Å². The second-order valence-corrected chi connectivity index (χ2v) is 5.86. The van der Waals surface area contributed by atoms with Gasteiger partial charge in [-0.05, 0) is 37.1 Å². The first kappa shape index (κ1) is 16.2. The Morgan fingerprint density at radius 2 is 1.81 bits per heavy atom. The topological polar surface area (TPSA) is 32.3 Å². The Hall–Kier alpha value is -1.22. The Balaban J connectivity index is 2.29. The van der Waals surface area contributed by atoms with Crippen molar-refractivity contribution in [3.63, 3.8) is 0 Å². The Morgan fingerprint density at radius 1 is 1.10 bits per heavy atom. The van der Waals surface area contributed by atoms with Gasteiger partial charge in [0, 0.05) is 11.3 Å². The van der Waals surface area contributed by atoms with E-state index in [2.05, 4.69) is 12.2 Å². The normalized spacial score (nSPS) is 13.8. The quantitative estimate of drug-likeness (QED) is 0.749. The minimum absolute atomic E-state index is 0.111. The molecule has 2 aromatic carbocycles. The van der Waals surface area contributed by atoms with Crippen molar-refractivity contribution in [2.24, 2.45) is 0 Å². The summed E-state index contributed by atoms with van der Waals surface area (Å²) < 4.78 is 0. The third kappa shape index (κ3) is 3.91. The number of rotatable bonds is 5. The summed E-state index contributed by atoms with van der Waals surface area (Å²) in [5.74, 6) is 0. The molecule has 0 aliphatic carbocycles. The van der Waals surface area contributed by atoms with Gasteiger partial charge < -0.3 is 10.4 Å². The average molecular weight is 324 g/mol. The van der Waals surface area contributed by atoms with Crippen molar-refractivity contribution in [1.82, 2.24) is 0 Å². The number of halogens is 2. The van der Waals surface area contributed by atoms with Crippen LogP contribution in [0, 0.1) is 0 Å². The average Bonchev–Trinajstić information content (AvgIpc) is 2.48. The van der Waals surface area contributed by atoms with Crippen molar-refractivity contribution >= 4 is 28.9 Å². The molecule has 0 amide bonds. The van der Waals surface area contributed by atoms with Crippen LogP contribution in [0.15, 0.2) is 42.5 Å². The molecule has 0 bridgehead atoms. The molecule has 2 N–H and O–H groups in total. The molecule has 2 unspecified atom stereocenters. The van der Waals surface area contributed by atoms with Crippen LogP contribution in [-0.2, 0) is 0 Å². The van der Waals surface area contributed by atoms with Gasteiger partial charge in [0.25, 0.3) is 0 Å². The fourth-order valence-electron chi connectivity index (χ4n) is 2.33. The minimum atomic E-state index is -0.514. The van der Waals surface area contributed by atoms with Gasteiger partial charge in [0.1, 0.15) is 0 Å². The van der Waals surface area contributed by atoms with Crippen molar-refractivity contribution in [3.8, 4) is 0 Å². The molecule has 0 radical (unpaired) electrons. The highest BCUT2D eigenvalue weighted by atomic mass is 35.5. The zero-order valence-corrected chi connectivity index (χ0v) is 13.6. The summed E-state index contributed by atoms with van der Waals surface area (Å²) in [5, 5.41) is 14.5. The molecule has 2 rings (SSSR count). The lowest BCUT2D eigenvalue weighted by molar-refractivity contribution is 0.200. The van der Waals surface area contributed by atoms with E-state index in [1.54, 1.807) is 6.92 Å². The molecule has 0 spiro atoms. The highest BCUT2D eigenvalue weighted by molar-refractivity contribution is 6.42. The molecule has 2 nitrogen and oxygen atoms in total. The number of aliphatic hydroxyl groups excluding tert-OH is 1. The van der Waals surface area contributed by atoms with Gasteiger partial charge in [-0.2, -0.15) is 0 Å². The first-order chi connectivity index (χ1) is 10.0. The van der Waals surface area contributed by atoms with E-state index in [1.807, 2.05) is 42.5 Å². The minimum Gasteiger partial charge on any atom is -0.389 e. The Labute approximate surface area is 135 Å². The number of para-hydroxylation sites is 1. The van der Waals surface area contributed by atoms with E-state index < -0.39 is 6.10 Å². The Morgan fingerprint density at radius 3 is 2.43 bits per heavy atom. The number of nitrogens with one attached hydrogen (secondary N) is 1. The van der Waals surface area contributed by atoms with Gasteiger partial charge in [-0.3, -0.25) is 0 Å². The van der Waals surface area contributed by atoms with E-state index in [1.165, 1.54) is 0 Å². The monoisotopic (exact) mass is 323 g/mol. The maximum absolute atomic E-state index is 9.86. The molecule has 112 valence electrons. The molecule has 0 heterocycles.